The van der Waals surface area contributed by atoms with Crippen LogP contribution in [-0.2, 0) is 17.4 Å². The van der Waals surface area contributed by atoms with Crippen molar-refractivity contribution in [1.29, 1.82) is 0 Å². The fraction of sp³-hybridized carbons (Fsp3) is 0.375. The lowest BCUT2D eigenvalue weighted by Gasteiger charge is -2.35. The second-order valence-electron chi connectivity index (χ2n) is 14.7. The van der Waals surface area contributed by atoms with Gasteiger partial charge in [-0.2, -0.15) is 13.2 Å². The van der Waals surface area contributed by atoms with E-state index in [4.69, 9.17) is 21.3 Å². The monoisotopic (exact) mass is 772 g/mol. The predicted molar refractivity (Wildman–Crippen MR) is 203 cm³/mol. The van der Waals surface area contributed by atoms with Crippen LogP contribution in [0.15, 0.2) is 54.9 Å². The third kappa shape index (κ3) is 6.24. The Hall–Kier alpha value is -5.21. The molecule has 15 heteroatoms. The molecule has 2 unspecified atom stereocenters. The van der Waals surface area contributed by atoms with E-state index < -0.39 is 17.9 Å². The molecule has 0 bridgehead atoms. The van der Waals surface area contributed by atoms with E-state index >= 15 is 0 Å². The Labute approximate surface area is 321 Å². The number of nitrogens with zero attached hydrogens (tertiary/aromatic N) is 6. The Bertz CT molecular complexity index is 2280. The highest BCUT2D eigenvalue weighted by molar-refractivity contribution is 6.36. The molecular formula is C40H40ClF3N8O3. The van der Waals surface area contributed by atoms with E-state index in [0.717, 1.165) is 61.9 Å². The van der Waals surface area contributed by atoms with Gasteiger partial charge in [0.1, 0.15) is 17.2 Å². The summed E-state index contributed by atoms with van der Waals surface area (Å²) in [4.78, 5) is 43.2. The molecule has 2 saturated heterocycles. The van der Waals surface area contributed by atoms with Crippen LogP contribution in [0.25, 0.3) is 22.4 Å². The lowest BCUT2D eigenvalue weighted by molar-refractivity contribution is -0.144. The molecule has 0 radical (unpaired) electrons. The maximum Gasteiger partial charge on any atom is 0.451 e. The molecule has 5 heterocycles. The highest BCUT2D eigenvalue weighted by Gasteiger charge is 2.45. The smallest absolute Gasteiger partial charge is 0.451 e. The molecule has 55 heavy (non-hydrogen) atoms. The van der Waals surface area contributed by atoms with Crippen molar-refractivity contribution in [3.63, 3.8) is 0 Å². The molecule has 0 saturated carbocycles. The Morgan fingerprint density at radius 3 is 2.51 bits per heavy atom. The van der Waals surface area contributed by atoms with Crippen molar-refractivity contribution in [2.24, 2.45) is 0 Å². The van der Waals surface area contributed by atoms with Crippen LogP contribution in [0.4, 0.5) is 30.5 Å². The van der Waals surface area contributed by atoms with Gasteiger partial charge < -0.3 is 20.3 Å². The lowest BCUT2D eigenvalue weighted by atomic mass is 9.88. The quantitative estimate of drug-likeness (QED) is 0.204. The minimum absolute atomic E-state index is 0.112. The van der Waals surface area contributed by atoms with Gasteiger partial charge in [0.05, 0.1) is 23.4 Å². The number of amides is 2. The average Bonchev–Trinajstić information content (AvgIpc) is 3.77. The Morgan fingerprint density at radius 2 is 1.76 bits per heavy atom. The number of ether oxygens (including phenoxy) is 1. The second kappa shape index (κ2) is 13.5. The molecule has 3 aliphatic heterocycles. The predicted octanol–water partition coefficient (Wildman–Crippen LogP) is 7.66. The van der Waals surface area contributed by atoms with E-state index in [9.17, 15) is 22.8 Å². The van der Waals surface area contributed by atoms with Crippen LogP contribution in [0.1, 0.15) is 71.0 Å². The number of nitrogens with one attached hydrogen (secondary N) is 2. The molecular weight excluding hydrogens is 733 g/mol. The van der Waals surface area contributed by atoms with Crippen molar-refractivity contribution >= 4 is 40.7 Å². The minimum Gasteiger partial charge on any atom is -0.481 e. The van der Waals surface area contributed by atoms with Gasteiger partial charge in [0.25, 0.3) is 5.91 Å². The topological polar surface area (TPSA) is 116 Å². The van der Waals surface area contributed by atoms with Crippen molar-refractivity contribution in [2.45, 2.75) is 63.2 Å². The van der Waals surface area contributed by atoms with E-state index in [1.165, 1.54) is 23.9 Å². The number of benzene rings is 2. The van der Waals surface area contributed by atoms with Crippen molar-refractivity contribution in [2.75, 3.05) is 44.5 Å². The molecule has 2 fully saturated rings. The van der Waals surface area contributed by atoms with Crippen LogP contribution in [0.3, 0.4) is 0 Å². The highest BCUT2D eigenvalue weighted by atomic mass is 35.5. The summed E-state index contributed by atoms with van der Waals surface area (Å²) in [5.74, 6) is -1.61. The fourth-order valence-corrected chi connectivity index (χ4v) is 8.92. The number of piperidine rings is 1. The molecule has 2 aromatic carbocycles. The maximum absolute atomic E-state index is 14.0. The summed E-state index contributed by atoms with van der Waals surface area (Å²) >= 11 is 7.21. The van der Waals surface area contributed by atoms with Gasteiger partial charge in [0, 0.05) is 62.0 Å². The van der Waals surface area contributed by atoms with Gasteiger partial charge >= 0.3 is 6.18 Å². The van der Waals surface area contributed by atoms with Crippen LogP contribution in [0.5, 0.6) is 5.88 Å². The van der Waals surface area contributed by atoms with Crippen molar-refractivity contribution < 1.29 is 27.5 Å². The van der Waals surface area contributed by atoms with Crippen LogP contribution in [-0.4, -0.2) is 76.4 Å². The summed E-state index contributed by atoms with van der Waals surface area (Å²) in [6.07, 6.45) is 0.309. The van der Waals surface area contributed by atoms with Gasteiger partial charge in [-0.3, -0.25) is 19.4 Å². The van der Waals surface area contributed by atoms with Gasteiger partial charge in [-0.05, 0) is 67.9 Å². The van der Waals surface area contributed by atoms with Gasteiger partial charge in [-0.15, -0.1) is 0 Å². The number of carbonyl (C=O) groups excluding carboxylic acids is 2. The number of aromatic nitrogens is 3. The normalized spacial score (nSPS) is 21.2. The summed E-state index contributed by atoms with van der Waals surface area (Å²) in [5, 5.41) is 6.74. The number of hydrogen-bond acceptors (Lipinski definition) is 9. The number of fused-ring (bicyclic) bond motifs is 2. The van der Waals surface area contributed by atoms with Gasteiger partial charge in [0.15, 0.2) is 5.82 Å². The molecule has 1 aliphatic carbocycles. The van der Waals surface area contributed by atoms with E-state index in [1.807, 2.05) is 31.2 Å². The number of likely N-dealkylation sites (tertiary alicyclic amines) is 1. The van der Waals surface area contributed by atoms with Gasteiger partial charge in [0.2, 0.25) is 17.6 Å². The van der Waals surface area contributed by atoms with E-state index in [0.29, 0.717) is 45.4 Å². The third-order valence-corrected chi connectivity index (χ3v) is 11.9. The largest absolute Gasteiger partial charge is 0.481 e. The number of pyridine rings is 1. The highest BCUT2D eigenvalue weighted by Crippen LogP contribution is 2.47. The first-order valence-electron chi connectivity index (χ1n) is 18.2. The number of methoxy groups -OCH3 is 1. The fourth-order valence-electron chi connectivity index (χ4n) is 8.59. The molecule has 4 aliphatic rings. The summed E-state index contributed by atoms with van der Waals surface area (Å²) in [5.41, 5.74) is 5.79. The zero-order chi connectivity index (χ0) is 39.0. The van der Waals surface area contributed by atoms with Crippen molar-refractivity contribution in [3.05, 3.63) is 88.0 Å². The summed E-state index contributed by atoms with van der Waals surface area (Å²) < 4.78 is 48.0. The first-order valence-corrected chi connectivity index (χ1v) is 18.6. The first-order chi connectivity index (χ1) is 26.2. The molecule has 11 nitrogen and oxygen atoms in total. The SMILES string of the molecule is C=C1N(C)C(=O)c2c(Nc3cccc(-c4cccc(-c5cc6c(c(OC)n5)C(N5CCC7(CCCC(=O)N7)C5)CC6)c4Cl)c3C)nc(C(F)(F)F)nc2N1C. The Kier molecular flexibility index (Phi) is 9.03. The van der Waals surface area contributed by atoms with Crippen LogP contribution in [0.2, 0.25) is 5.02 Å². The standard InChI is InChI=1S/C40H40ClF3N8O3/c1-21-24(9-7-12-27(21)45-34-32-35(48-38(47-34)40(42,43)44)50(3)22(2)51(4)37(32)54)25-10-6-11-26(33(25)41)28-19-23-14-15-29(31(23)36(46-28)55-5)52-18-17-39(20-52)16-8-13-30(53)49-39/h6-7,9-12,19,29H,2,8,13-18,20H2,1,3-5H3,(H,49,53)(H,45,47,48). The number of alkyl halides is 3. The molecule has 8 rings (SSSR count). The number of aryl methyl sites for hydroxylation is 1. The van der Waals surface area contributed by atoms with Crippen molar-refractivity contribution in [1.82, 2.24) is 30.1 Å². The van der Waals surface area contributed by atoms with Gasteiger partial charge in [-0.25, -0.2) is 15.0 Å². The lowest BCUT2D eigenvalue weighted by Crippen LogP contribution is -2.53. The first kappa shape index (κ1) is 36.8. The van der Waals surface area contributed by atoms with Crippen LogP contribution in [0, 0.1) is 6.92 Å². The number of carbonyl (C=O) groups is 2. The van der Waals surface area contributed by atoms with E-state index in [-0.39, 0.29) is 40.5 Å². The average molecular weight is 773 g/mol. The maximum atomic E-state index is 14.0. The Balaban J connectivity index is 1.13. The summed E-state index contributed by atoms with van der Waals surface area (Å²) in [6, 6.07) is 13.2. The van der Waals surface area contributed by atoms with E-state index in [1.54, 1.807) is 19.2 Å². The zero-order valence-electron chi connectivity index (χ0n) is 30.9. The minimum atomic E-state index is -4.87. The molecule has 286 valence electrons. The number of halogens is 4. The third-order valence-electron chi connectivity index (χ3n) is 11.5. The molecule has 4 aromatic rings. The number of rotatable bonds is 6. The van der Waals surface area contributed by atoms with Crippen molar-refractivity contribution in [3.8, 4) is 28.3 Å². The van der Waals surface area contributed by atoms with Gasteiger partial charge in [-0.1, -0.05) is 48.5 Å². The summed E-state index contributed by atoms with van der Waals surface area (Å²) in [6.45, 7) is 7.33. The number of hydrogen-bond donors (Lipinski definition) is 2. The molecule has 2 N–H and O–H groups in total. The zero-order valence-corrected chi connectivity index (χ0v) is 31.7. The summed E-state index contributed by atoms with van der Waals surface area (Å²) in [7, 11) is 4.60. The molecule has 2 amide bonds. The second-order valence-corrected chi connectivity index (χ2v) is 15.1. The number of anilines is 3. The molecule has 2 atom stereocenters. The molecule has 1 spiro atoms. The molecule has 2 aromatic heterocycles. The van der Waals surface area contributed by atoms with Crippen LogP contribution < -0.4 is 20.3 Å². The Morgan fingerprint density at radius 1 is 1.02 bits per heavy atom. The van der Waals surface area contributed by atoms with E-state index in [2.05, 4.69) is 38.1 Å². The van der Waals surface area contributed by atoms with Crippen LogP contribution >= 0.6 is 11.6 Å².